The summed E-state index contributed by atoms with van der Waals surface area (Å²) in [5.41, 5.74) is 4.06. The number of aryl methyl sites for hydroxylation is 1. The van der Waals surface area contributed by atoms with Gasteiger partial charge in [0.05, 0.1) is 11.7 Å². The number of para-hydroxylation sites is 1. The molecule has 26 heavy (non-hydrogen) atoms. The maximum absolute atomic E-state index is 12.1. The van der Waals surface area contributed by atoms with Gasteiger partial charge in [-0.3, -0.25) is 9.78 Å². The summed E-state index contributed by atoms with van der Waals surface area (Å²) in [6.45, 7) is 0.505. The van der Waals surface area contributed by atoms with Crippen molar-refractivity contribution in [3.63, 3.8) is 0 Å². The molecule has 0 unspecified atom stereocenters. The van der Waals surface area contributed by atoms with Crippen molar-refractivity contribution in [3.8, 4) is 0 Å². The number of aromatic amines is 1. The molecule has 0 fully saturated rings. The highest BCUT2D eigenvalue weighted by atomic mass is 35.5. The molecule has 2 N–H and O–H groups in total. The van der Waals surface area contributed by atoms with Gasteiger partial charge in [-0.25, -0.2) is 0 Å². The van der Waals surface area contributed by atoms with Gasteiger partial charge in [-0.1, -0.05) is 41.9 Å². The molecule has 4 rings (SSSR count). The Morgan fingerprint density at radius 3 is 2.69 bits per heavy atom. The normalized spacial score (nSPS) is 11.1. The molecule has 0 aliphatic carbocycles. The fourth-order valence-electron chi connectivity index (χ4n) is 3.06. The zero-order chi connectivity index (χ0) is 17.9. The second-order valence-electron chi connectivity index (χ2n) is 6.30. The van der Waals surface area contributed by atoms with Crippen LogP contribution in [0.25, 0.3) is 21.8 Å². The van der Waals surface area contributed by atoms with Gasteiger partial charge in [-0.05, 0) is 36.2 Å². The summed E-state index contributed by atoms with van der Waals surface area (Å²) in [5.74, 6) is 0.0146. The average molecular weight is 364 g/mol. The molecule has 2 aromatic heterocycles. The van der Waals surface area contributed by atoms with E-state index in [4.69, 9.17) is 11.6 Å². The lowest BCUT2D eigenvalue weighted by Gasteiger charge is -2.06. The Bertz CT molecular complexity index is 1070. The number of carbonyl (C=O) groups excluding carboxylic acids is 1. The lowest BCUT2D eigenvalue weighted by Crippen LogP contribution is -2.23. The van der Waals surface area contributed by atoms with Gasteiger partial charge in [0.15, 0.2) is 0 Å². The topological polar surface area (TPSA) is 57.8 Å². The maximum atomic E-state index is 12.1. The lowest BCUT2D eigenvalue weighted by atomic mass is 10.1. The predicted octanol–water partition coefficient (Wildman–Crippen LogP) is 4.62. The lowest BCUT2D eigenvalue weighted by molar-refractivity contribution is -0.121. The van der Waals surface area contributed by atoms with Gasteiger partial charge in [-0.2, -0.15) is 0 Å². The summed E-state index contributed by atoms with van der Waals surface area (Å²) >= 11 is 5.86. The molecule has 130 valence electrons. The van der Waals surface area contributed by atoms with Crippen LogP contribution in [0.15, 0.2) is 60.8 Å². The van der Waals surface area contributed by atoms with E-state index in [9.17, 15) is 4.79 Å². The maximum Gasteiger partial charge on any atom is 0.220 e. The third kappa shape index (κ3) is 3.55. The van der Waals surface area contributed by atoms with Crippen LogP contribution in [-0.2, 0) is 17.8 Å². The largest absolute Gasteiger partial charge is 0.353 e. The van der Waals surface area contributed by atoms with Crippen LogP contribution in [0.3, 0.4) is 0 Å². The van der Waals surface area contributed by atoms with Crippen molar-refractivity contribution in [2.45, 2.75) is 19.4 Å². The molecule has 0 aliphatic rings. The van der Waals surface area contributed by atoms with Gasteiger partial charge in [0, 0.05) is 40.0 Å². The predicted molar refractivity (Wildman–Crippen MR) is 105 cm³/mol. The summed E-state index contributed by atoms with van der Waals surface area (Å²) in [5, 5.41) is 5.95. The minimum Gasteiger partial charge on any atom is -0.353 e. The third-order valence-corrected chi connectivity index (χ3v) is 4.71. The van der Waals surface area contributed by atoms with Crippen molar-refractivity contribution in [2.75, 3.05) is 0 Å². The molecule has 1 amide bonds. The number of fused-ring (bicyclic) bond motifs is 3. The van der Waals surface area contributed by atoms with E-state index in [0.29, 0.717) is 24.4 Å². The second-order valence-corrected chi connectivity index (χ2v) is 6.73. The fraction of sp³-hybridized carbons (Fsp3) is 0.143. The molecule has 0 radical (unpaired) electrons. The molecular formula is C21H18ClN3O. The van der Waals surface area contributed by atoms with E-state index >= 15 is 0 Å². The highest BCUT2D eigenvalue weighted by Gasteiger charge is 2.07. The van der Waals surface area contributed by atoms with Gasteiger partial charge in [0.25, 0.3) is 0 Å². The molecule has 0 saturated heterocycles. The number of hydrogen-bond donors (Lipinski definition) is 2. The Balaban J connectivity index is 1.40. The van der Waals surface area contributed by atoms with Crippen LogP contribution in [0, 0.1) is 0 Å². The first kappa shape index (κ1) is 16.6. The molecule has 4 nitrogen and oxygen atoms in total. The number of nitrogens with zero attached hydrogens (tertiary/aromatic N) is 1. The van der Waals surface area contributed by atoms with Gasteiger partial charge in [0.2, 0.25) is 5.91 Å². The third-order valence-electron chi connectivity index (χ3n) is 4.46. The minimum atomic E-state index is 0.0146. The summed E-state index contributed by atoms with van der Waals surface area (Å²) in [7, 11) is 0. The number of benzene rings is 2. The number of carbonyl (C=O) groups is 1. The molecule has 2 aromatic carbocycles. The monoisotopic (exact) mass is 363 g/mol. The number of nitrogens with one attached hydrogen (secondary N) is 2. The zero-order valence-corrected chi connectivity index (χ0v) is 14.9. The SMILES string of the molecule is O=C(CCc1cc2c(cn1)[nH]c1ccccc12)NCc1ccc(Cl)cc1. The number of hydrogen-bond acceptors (Lipinski definition) is 2. The summed E-state index contributed by atoms with van der Waals surface area (Å²) in [6, 6.07) is 17.7. The number of pyridine rings is 1. The van der Waals surface area contributed by atoms with Crippen LogP contribution in [-0.4, -0.2) is 15.9 Å². The van der Waals surface area contributed by atoms with Crippen molar-refractivity contribution >= 4 is 39.3 Å². The van der Waals surface area contributed by atoms with Crippen molar-refractivity contribution in [1.82, 2.24) is 15.3 Å². The average Bonchev–Trinajstić information content (AvgIpc) is 3.04. The van der Waals surface area contributed by atoms with Gasteiger partial charge < -0.3 is 10.3 Å². The van der Waals surface area contributed by atoms with Gasteiger partial charge >= 0.3 is 0 Å². The van der Waals surface area contributed by atoms with Crippen molar-refractivity contribution < 1.29 is 4.79 Å². The number of rotatable bonds is 5. The molecule has 0 spiro atoms. The molecule has 5 heteroatoms. The molecule has 0 saturated carbocycles. The number of aromatic nitrogens is 2. The quantitative estimate of drug-likeness (QED) is 0.543. The highest BCUT2D eigenvalue weighted by molar-refractivity contribution is 6.30. The molecule has 4 aromatic rings. The van der Waals surface area contributed by atoms with E-state index in [0.717, 1.165) is 27.7 Å². The number of halogens is 1. The molecule has 0 atom stereocenters. The van der Waals surface area contributed by atoms with Crippen LogP contribution < -0.4 is 5.32 Å². The van der Waals surface area contributed by atoms with Crippen molar-refractivity contribution in [3.05, 3.63) is 77.1 Å². The Kier molecular flexibility index (Phi) is 4.59. The summed E-state index contributed by atoms with van der Waals surface area (Å²) in [4.78, 5) is 19.9. The molecular weight excluding hydrogens is 346 g/mol. The molecule has 0 bridgehead atoms. The van der Waals surface area contributed by atoms with E-state index < -0.39 is 0 Å². The number of H-pyrrole nitrogens is 1. The van der Waals surface area contributed by atoms with Crippen LogP contribution in [0.4, 0.5) is 0 Å². The Morgan fingerprint density at radius 2 is 1.85 bits per heavy atom. The van der Waals surface area contributed by atoms with E-state index in [-0.39, 0.29) is 5.91 Å². The van der Waals surface area contributed by atoms with Crippen LogP contribution in [0.2, 0.25) is 5.02 Å². The first-order valence-corrected chi connectivity index (χ1v) is 8.93. The fourth-order valence-corrected chi connectivity index (χ4v) is 3.19. The second kappa shape index (κ2) is 7.18. The standard InChI is InChI=1S/C21H18ClN3O/c22-15-7-5-14(6-8-15)12-24-21(26)10-9-16-11-18-17-3-1-2-4-19(17)25-20(18)13-23-16/h1-8,11,13,25H,9-10,12H2,(H,24,26). The summed E-state index contributed by atoms with van der Waals surface area (Å²) < 4.78 is 0. The van der Waals surface area contributed by atoms with Crippen LogP contribution in [0.1, 0.15) is 17.7 Å². The summed E-state index contributed by atoms with van der Waals surface area (Å²) in [6.07, 6.45) is 2.87. The number of amides is 1. The van der Waals surface area contributed by atoms with Crippen molar-refractivity contribution in [2.24, 2.45) is 0 Å². The Labute approximate surface area is 156 Å². The van der Waals surface area contributed by atoms with E-state index in [1.165, 1.54) is 5.39 Å². The first-order chi connectivity index (χ1) is 12.7. The van der Waals surface area contributed by atoms with E-state index in [1.807, 2.05) is 42.6 Å². The smallest absolute Gasteiger partial charge is 0.220 e. The van der Waals surface area contributed by atoms with E-state index in [2.05, 4.69) is 33.5 Å². The molecule has 0 aliphatic heterocycles. The Morgan fingerprint density at radius 1 is 1.04 bits per heavy atom. The Hall–Kier alpha value is -2.85. The first-order valence-electron chi connectivity index (χ1n) is 8.55. The highest BCUT2D eigenvalue weighted by Crippen LogP contribution is 2.25. The van der Waals surface area contributed by atoms with Crippen molar-refractivity contribution in [1.29, 1.82) is 0 Å². The van der Waals surface area contributed by atoms with Gasteiger partial charge in [-0.15, -0.1) is 0 Å². The van der Waals surface area contributed by atoms with Crippen LogP contribution in [0.5, 0.6) is 0 Å². The minimum absolute atomic E-state index is 0.0146. The zero-order valence-electron chi connectivity index (χ0n) is 14.1. The van der Waals surface area contributed by atoms with Crippen LogP contribution >= 0.6 is 11.6 Å². The van der Waals surface area contributed by atoms with Gasteiger partial charge in [0.1, 0.15) is 0 Å². The molecule has 2 heterocycles. The van der Waals surface area contributed by atoms with E-state index in [1.54, 1.807) is 0 Å².